The molecule has 2 rings (SSSR count). The summed E-state index contributed by atoms with van der Waals surface area (Å²) in [6.45, 7) is 3.07. The van der Waals surface area contributed by atoms with Crippen LogP contribution >= 0.6 is 11.6 Å². The second kappa shape index (κ2) is 4.07. The summed E-state index contributed by atoms with van der Waals surface area (Å²) in [5.74, 6) is 0.246. The lowest BCUT2D eigenvalue weighted by Gasteiger charge is -2.29. The van der Waals surface area contributed by atoms with E-state index in [2.05, 4.69) is 4.90 Å². The van der Waals surface area contributed by atoms with Crippen molar-refractivity contribution in [3.63, 3.8) is 0 Å². The summed E-state index contributed by atoms with van der Waals surface area (Å²) >= 11 is 6.04. The molecule has 1 N–H and O–H groups in total. The van der Waals surface area contributed by atoms with Crippen LogP contribution in [0.25, 0.3) is 0 Å². The number of morpholine rings is 1. The van der Waals surface area contributed by atoms with E-state index < -0.39 is 0 Å². The monoisotopic (exact) mass is 213 g/mol. The minimum atomic E-state index is 0.246. The molecule has 1 aliphatic rings. The summed E-state index contributed by atoms with van der Waals surface area (Å²) < 4.78 is 5.24. The van der Waals surface area contributed by atoms with Gasteiger partial charge in [0.1, 0.15) is 5.75 Å². The van der Waals surface area contributed by atoms with Gasteiger partial charge in [0.2, 0.25) is 0 Å². The predicted molar refractivity (Wildman–Crippen MR) is 56.1 cm³/mol. The quantitative estimate of drug-likeness (QED) is 0.773. The molecule has 0 aliphatic carbocycles. The zero-order valence-corrected chi connectivity index (χ0v) is 8.50. The van der Waals surface area contributed by atoms with E-state index in [1.165, 1.54) is 0 Å². The van der Waals surface area contributed by atoms with Crippen LogP contribution in [0.2, 0.25) is 5.02 Å². The lowest BCUT2D eigenvalue weighted by Crippen LogP contribution is -2.36. The minimum absolute atomic E-state index is 0.246. The molecule has 0 radical (unpaired) electrons. The number of hydrogen-bond acceptors (Lipinski definition) is 3. The van der Waals surface area contributed by atoms with Crippen LogP contribution in [-0.2, 0) is 4.74 Å². The first kappa shape index (κ1) is 9.62. The Morgan fingerprint density at radius 3 is 2.71 bits per heavy atom. The fraction of sp³-hybridized carbons (Fsp3) is 0.400. The number of benzene rings is 1. The Balaban J connectivity index is 2.24. The van der Waals surface area contributed by atoms with E-state index in [0.29, 0.717) is 18.2 Å². The first-order chi connectivity index (χ1) is 6.77. The summed E-state index contributed by atoms with van der Waals surface area (Å²) in [4.78, 5) is 2.12. The van der Waals surface area contributed by atoms with Crippen molar-refractivity contribution >= 4 is 17.3 Å². The molecular weight excluding hydrogens is 202 g/mol. The molecule has 0 amide bonds. The Morgan fingerprint density at radius 1 is 1.29 bits per heavy atom. The first-order valence-corrected chi connectivity index (χ1v) is 4.96. The standard InChI is InChI=1S/C10H12ClNO2/c11-9-2-1-8(13)7-10(9)12-3-5-14-6-4-12/h1-2,7,13H,3-6H2. The van der Waals surface area contributed by atoms with Crippen LogP contribution in [0.1, 0.15) is 0 Å². The zero-order chi connectivity index (χ0) is 9.97. The summed E-state index contributed by atoms with van der Waals surface area (Å²) in [6.07, 6.45) is 0. The van der Waals surface area contributed by atoms with Crippen molar-refractivity contribution in [1.29, 1.82) is 0 Å². The van der Waals surface area contributed by atoms with Gasteiger partial charge in [0, 0.05) is 19.2 Å². The molecule has 1 aromatic rings. The molecule has 0 unspecified atom stereocenters. The molecule has 3 nitrogen and oxygen atoms in total. The number of phenolic OH excluding ortho intramolecular Hbond substituents is 1. The first-order valence-electron chi connectivity index (χ1n) is 4.58. The van der Waals surface area contributed by atoms with E-state index in [-0.39, 0.29) is 5.75 Å². The molecule has 1 heterocycles. The average molecular weight is 214 g/mol. The molecule has 1 aliphatic heterocycles. The van der Waals surface area contributed by atoms with Gasteiger partial charge in [-0.2, -0.15) is 0 Å². The van der Waals surface area contributed by atoms with Crippen molar-refractivity contribution in [2.24, 2.45) is 0 Å². The zero-order valence-electron chi connectivity index (χ0n) is 7.74. The summed E-state index contributed by atoms with van der Waals surface area (Å²) in [6, 6.07) is 4.99. The number of nitrogens with zero attached hydrogens (tertiary/aromatic N) is 1. The van der Waals surface area contributed by atoms with E-state index >= 15 is 0 Å². The topological polar surface area (TPSA) is 32.7 Å². The maximum atomic E-state index is 9.35. The molecule has 1 saturated heterocycles. The third-order valence-corrected chi connectivity index (χ3v) is 2.60. The normalized spacial score (nSPS) is 17.1. The van der Waals surface area contributed by atoms with Crippen LogP contribution in [0.5, 0.6) is 5.75 Å². The third-order valence-electron chi connectivity index (χ3n) is 2.28. The highest BCUT2D eigenvalue weighted by Gasteiger charge is 2.14. The molecule has 0 bridgehead atoms. The number of ether oxygens (including phenoxy) is 1. The Morgan fingerprint density at radius 2 is 2.00 bits per heavy atom. The molecular formula is C10H12ClNO2. The molecule has 0 aromatic heterocycles. The van der Waals surface area contributed by atoms with Gasteiger partial charge in [0.25, 0.3) is 0 Å². The molecule has 4 heteroatoms. The van der Waals surface area contributed by atoms with E-state index in [0.717, 1.165) is 18.8 Å². The van der Waals surface area contributed by atoms with Gasteiger partial charge >= 0.3 is 0 Å². The SMILES string of the molecule is Oc1ccc(Cl)c(N2CCOCC2)c1. The van der Waals surface area contributed by atoms with Crippen molar-refractivity contribution in [2.45, 2.75) is 0 Å². The van der Waals surface area contributed by atoms with Crippen molar-refractivity contribution in [2.75, 3.05) is 31.2 Å². The fourth-order valence-corrected chi connectivity index (χ4v) is 1.78. The predicted octanol–water partition coefficient (Wildman–Crippen LogP) is 1.88. The number of phenols is 1. The van der Waals surface area contributed by atoms with Gasteiger partial charge in [-0.25, -0.2) is 0 Å². The van der Waals surface area contributed by atoms with E-state index in [4.69, 9.17) is 16.3 Å². The van der Waals surface area contributed by atoms with Crippen LogP contribution in [0.3, 0.4) is 0 Å². The summed E-state index contributed by atoms with van der Waals surface area (Å²) in [5.41, 5.74) is 0.884. The summed E-state index contributed by atoms with van der Waals surface area (Å²) in [7, 11) is 0. The fourth-order valence-electron chi connectivity index (χ4n) is 1.55. The number of aromatic hydroxyl groups is 1. The van der Waals surface area contributed by atoms with Gasteiger partial charge in [0.15, 0.2) is 0 Å². The molecule has 1 fully saturated rings. The van der Waals surface area contributed by atoms with Crippen LogP contribution in [-0.4, -0.2) is 31.4 Å². The minimum Gasteiger partial charge on any atom is -0.508 e. The van der Waals surface area contributed by atoms with E-state index in [1.54, 1.807) is 18.2 Å². The second-order valence-corrected chi connectivity index (χ2v) is 3.64. The lowest BCUT2D eigenvalue weighted by molar-refractivity contribution is 0.122. The number of halogens is 1. The highest BCUT2D eigenvalue weighted by Crippen LogP contribution is 2.29. The van der Waals surface area contributed by atoms with Crippen molar-refractivity contribution in [1.82, 2.24) is 0 Å². The second-order valence-electron chi connectivity index (χ2n) is 3.24. The Kier molecular flexibility index (Phi) is 2.79. The smallest absolute Gasteiger partial charge is 0.117 e. The van der Waals surface area contributed by atoms with Crippen LogP contribution in [0.15, 0.2) is 18.2 Å². The van der Waals surface area contributed by atoms with Gasteiger partial charge in [-0.15, -0.1) is 0 Å². The maximum absolute atomic E-state index is 9.35. The van der Waals surface area contributed by atoms with Gasteiger partial charge in [-0.3, -0.25) is 0 Å². The largest absolute Gasteiger partial charge is 0.508 e. The number of rotatable bonds is 1. The van der Waals surface area contributed by atoms with Crippen LogP contribution in [0, 0.1) is 0 Å². The molecule has 0 saturated carbocycles. The number of hydrogen-bond donors (Lipinski definition) is 1. The summed E-state index contributed by atoms with van der Waals surface area (Å²) in [5, 5.41) is 10.0. The average Bonchev–Trinajstić information content (AvgIpc) is 2.23. The Hall–Kier alpha value is -0.930. The van der Waals surface area contributed by atoms with Gasteiger partial charge in [-0.1, -0.05) is 11.6 Å². The Labute approximate surface area is 87.9 Å². The molecule has 0 spiro atoms. The molecule has 0 atom stereocenters. The highest BCUT2D eigenvalue weighted by atomic mass is 35.5. The van der Waals surface area contributed by atoms with Gasteiger partial charge < -0.3 is 14.7 Å². The Bertz CT molecular complexity index is 324. The lowest BCUT2D eigenvalue weighted by atomic mass is 10.2. The molecule has 76 valence electrons. The maximum Gasteiger partial charge on any atom is 0.117 e. The van der Waals surface area contributed by atoms with Gasteiger partial charge in [0.05, 0.1) is 23.9 Å². The van der Waals surface area contributed by atoms with Crippen LogP contribution < -0.4 is 4.90 Å². The third kappa shape index (κ3) is 1.94. The van der Waals surface area contributed by atoms with Gasteiger partial charge in [-0.05, 0) is 12.1 Å². The van der Waals surface area contributed by atoms with Crippen molar-refractivity contribution < 1.29 is 9.84 Å². The molecule has 14 heavy (non-hydrogen) atoms. The van der Waals surface area contributed by atoms with E-state index in [1.807, 2.05) is 0 Å². The highest BCUT2D eigenvalue weighted by molar-refractivity contribution is 6.33. The van der Waals surface area contributed by atoms with Crippen molar-refractivity contribution in [3.8, 4) is 5.75 Å². The van der Waals surface area contributed by atoms with Crippen LogP contribution in [0.4, 0.5) is 5.69 Å². The van der Waals surface area contributed by atoms with Crippen molar-refractivity contribution in [3.05, 3.63) is 23.2 Å². The molecule has 1 aromatic carbocycles. The van der Waals surface area contributed by atoms with E-state index in [9.17, 15) is 5.11 Å². The number of anilines is 1.